The Hall–Kier alpha value is -2.91. The third-order valence-electron chi connectivity index (χ3n) is 5.06. The van der Waals surface area contributed by atoms with Crippen molar-refractivity contribution in [2.75, 3.05) is 13.7 Å². The maximum atomic E-state index is 13.9. The number of nitrogens with one attached hydrogen (secondary N) is 1. The Morgan fingerprint density at radius 3 is 2.30 bits per heavy atom. The smallest absolute Gasteiger partial charge is 0.256 e. The molecule has 0 saturated carbocycles. The molecule has 156 valence electrons. The van der Waals surface area contributed by atoms with Gasteiger partial charge >= 0.3 is 0 Å². The summed E-state index contributed by atoms with van der Waals surface area (Å²) < 4.78 is 60.6. The van der Waals surface area contributed by atoms with Crippen LogP contribution in [0.3, 0.4) is 0 Å². The fourth-order valence-corrected chi connectivity index (χ4v) is 3.68. The van der Waals surface area contributed by atoms with Gasteiger partial charge in [-0.1, -0.05) is 11.6 Å². The van der Waals surface area contributed by atoms with Gasteiger partial charge in [0.15, 0.2) is 11.6 Å². The molecule has 3 aromatic rings. The van der Waals surface area contributed by atoms with Gasteiger partial charge in [0.05, 0.1) is 24.6 Å². The van der Waals surface area contributed by atoms with Crippen molar-refractivity contribution in [2.24, 2.45) is 0 Å². The van der Waals surface area contributed by atoms with Crippen molar-refractivity contribution >= 4 is 28.3 Å². The first kappa shape index (κ1) is 20.4. The van der Waals surface area contributed by atoms with E-state index in [1.165, 1.54) is 7.05 Å². The highest BCUT2D eigenvalue weighted by Gasteiger charge is 2.32. The van der Waals surface area contributed by atoms with E-state index in [-0.39, 0.29) is 29.5 Å². The molecule has 1 aliphatic rings. The number of benzene rings is 2. The molecule has 2 aromatic carbocycles. The lowest BCUT2D eigenvalue weighted by Crippen LogP contribution is -2.37. The second-order valence-corrected chi connectivity index (χ2v) is 7.24. The number of fused-ring (bicyclic) bond motifs is 3. The lowest BCUT2D eigenvalue weighted by Gasteiger charge is -2.34. The van der Waals surface area contributed by atoms with E-state index in [1.54, 1.807) is 0 Å². The summed E-state index contributed by atoms with van der Waals surface area (Å²) in [5.41, 5.74) is -0.277. The molecular formula is C20H13ClF4N2O3. The van der Waals surface area contributed by atoms with Gasteiger partial charge in [-0.3, -0.25) is 9.59 Å². The Morgan fingerprint density at radius 1 is 1.07 bits per heavy atom. The van der Waals surface area contributed by atoms with Gasteiger partial charge in [0, 0.05) is 23.9 Å². The summed E-state index contributed by atoms with van der Waals surface area (Å²) in [6.45, 7) is -0.0455. The second-order valence-electron chi connectivity index (χ2n) is 6.86. The molecule has 2 heterocycles. The molecule has 1 amide bonds. The van der Waals surface area contributed by atoms with Crippen LogP contribution in [0.4, 0.5) is 17.6 Å². The molecule has 5 nitrogen and oxygen atoms in total. The van der Waals surface area contributed by atoms with E-state index in [9.17, 15) is 27.2 Å². The fraction of sp³-hybridized carbons (Fsp3) is 0.200. The van der Waals surface area contributed by atoms with Crippen LogP contribution in [0.5, 0.6) is 0 Å². The summed E-state index contributed by atoms with van der Waals surface area (Å²) in [7, 11) is 1.37. The number of likely N-dealkylation sites (N-methyl/N-ethyl adjacent to an activating group) is 1. The quantitative estimate of drug-likeness (QED) is 0.482. The second kappa shape index (κ2) is 7.41. The molecule has 4 rings (SSSR count). The molecule has 1 atom stereocenters. The van der Waals surface area contributed by atoms with E-state index in [2.05, 4.69) is 4.98 Å². The summed E-state index contributed by atoms with van der Waals surface area (Å²) >= 11 is 5.46. The van der Waals surface area contributed by atoms with Crippen LogP contribution in [-0.2, 0) is 11.3 Å². The summed E-state index contributed by atoms with van der Waals surface area (Å²) in [5.74, 6) is -5.29. The maximum Gasteiger partial charge on any atom is 0.256 e. The summed E-state index contributed by atoms with van der Waals surface area (Å²) in [6.07, 6.45) is 0. The predicted molar refractivity (Wildman–Crippen MR) is 100 cm³/mol. The number of amides is 1. The number of hydrogen-bond donors (Lipinski definition) is 1. The third-order valence-corrected chi connectivity index (χ3v) is 5.42. The van der Waals surface area contributed by atoms with Crippen LogP contribution < -0.4 is 5.56 Å². The van der Waals surface area contributed by atoms with Crippen LogP contribution in [0.15, 0.2) is 29.1 Å². The van der Waals surface area contributed by atoms with Crippen molar-refractivity contribution in [3.05, 3.63) is 79.7 Å². The molecule has 0 spiro atoms. The SMILES string of the molecule is CN(C(=O)c1cc(F)c(Cl)c(F)c1)[C@H]1COCc2[nH]c(=O)c3cc(F)c(F)cc3c21. The van der Waals surface area contributed by atoms with E-state index >= 15 is 0 Å². The van der Waals surface area contributed by atoms with Crippen molar-refractivity contribution in [1.82, 2.24) is 9.88 Å². The van der Waals surface area contributed by atoms with E-state index in [4.69, 9.17) is 16.3 Å². The summed E-state index contributed by atoms with van der Waals surface area (Å²) in [6, 6.07) is 2.43. The molecule has 0 fully saturated rings. The van der Waals surface area contributed by atoms with E-state index in [0.717, 1.165) is 29.2 Å². The minimum atomic E-state index is -1.19. The lowest BCUT2D eigenvalue weighted by molar-refractivity contribution is 0.0335. The number of aromatic amines is 1. The minimum Gasteiger partial charge on any atom is -0.373 e. The molecular weight excluding hydrogens is 428 g/mol. The molecule has 0 radical (unpaired) electrons. The van der Waals surface area contributed by atoms with Gasteiger partial charge in [0.2, 0.25) is 0 Å². The monoisotopic (exact) mass is 440 g/mol. The van der Waals surface area contributed by atoms with Crippen LogP contribution in [0.1, 0.15) is 27.7 Å². The molecule has 1 N–H and O–H groups in total. The van der Waals surface area contributed by atoms with Crippen molar-refractivity contribution in [2.45, 2.75) is 12.6 Å². The Bertz CT molecular complexity index is 1240. The van der Waals surface area contributed by atoms with Crippen molar-refractivity contribution in [3.8, 4) is 0 Å². The number of nitrogens with zero attached hydrogens (tertiary/aromatic N) is 1. The first-order valence-electron chi connectivity index (χ1n) is 8.72. The van der Waals surface area contributed by atoms with Crippen LogP contribution in [0.25, 0.3) is 10.8 Å². The number of ether oxygens (including phenoxy) is 1. The molecule has 0 aliphatic carbocycles. The summed E-state index contributed by atoms with van der Waals surface area (Å²) in [4.78, 5) is 28.9. The zero-order chi connectivity index (χ0) is 21.7. The standard InChI is InChI=1S/C20H13ClF4N2O3/c1-27(20(29)8-2-13(24)18(21)14(25)3-8)16-7-30-6-15-17(16)9-4-11(22)12(23)5-10(9)19(28)26-15/h2-5,16H,6-7H2,1H3,(H,26,28)/t16-/m0/s1. The number of pyridine rings is 1. The predicted octanol–water partition coefficient (Wildman–Crippen LogP) is 4.08. The maximum absolute atomic E-state index is 13.9. The highest BCUT2D eigenvalue weighted by Crippen LogP contribution is 2.34. The Kier molecular flexibility index (Phi) is 5.03. The molecule has 30 heavy (non-hydrogen) atoms. The number of carbonyl (C=O) groups is 1. The number of halogens is 5. The number of rotatable bonds is 2. The number of H-pyrrole nitrogens is 1. The van der Waals surface area contributed by atoms with Gasteiger partial charge in [0.25, 0.3) is 11.5 Å². The van der Waals surface area contributed by atoms with E-state index in [1.807, 2.05) is 0 Å². The van der Waals surface area contributed by atoms with Gasteiger partial charge in [-0.2, -0.15) is 0 Å². The molecule has 0 saturated heterocycles. The van der Waals surface area contributed by atoms with Crippen LogP contribution >= 0.6 is 11.6 Å². The Balaban J connectivity index is 1.84. The van der Waals surface area contributed by atoms with Gasteiger partial charge < -0.3 is 14.6 Å². The summed E-state index contributed by atoms with van der Waals surface area (Å²) in [5, 5.41) is -0.709. The number of aromatic nitrogens is 1. The van der Waals surface area contributed by atoms with E-state index < -0.39 is 45.8 Å². The molecule has 0 bridgehead atoms. The van der Waals surface area contributed by atoms with E-state index in [0.29, 0.717) is 11.3 Å². The van der Waals surface area contributed by atoms with Crippen molar-refractivity contribution in [1.29, 1.82) is 0 Å². The highest BCUT2D eigenvalue weighted by molar-refractivity contribution is 6.31. The minimum absolute atomic E-state index is 0.0117. The Morgan fingerprint density at radius 2 is 1.67 bits per heavy atom. The molecule has 10 heteroatoms. The molecule has 1 aliphatic heterocycles. The fourth-order valence-electron chi connectivity index (χ4n) is 3.57. The topological polar surface area (TPSA) is 62.4 Å². The number of carbonyl (C=O) groups excluding carboxylic acids is 1. The lowest BCUT2D eigenvalue weighted by atomic mass is 9.95. The number of hydrogen-bond acceptors (Lipinski definition) is 3. The van der Waals surface area contributed by atoms with Gasteiger partial charge in [-0.05, 0) is 29.7 Å². The normalized spacial score (nSPS) is 15.9. The van der Waals surface area contributed by atoms with Crippen molar-refractivity contribution in [3.63, 3.8) is 0 Å². The average Bonchev–Trinajstić information content (AvgIpc) is 2.71. The van der Waals surface area contributed by atoms with Gasteiger partial charge in [-0.25, -0.2) is 17.6 Å². The zero-order valence-electron chi connectivity index (χ0n) is 15.4. The first-order chi connectivity index (χ1) is 14.2. The van der Waals surface area contributed by atoms with Gasteiger partial charge in [-0.15, -0.1) is 0 Å². The molecule has 1 aromatic heterocycles. The van der Waals surface area contributed by atoms with Gasteiger partial charge in [0.1, 0.15) is 16.7 Å². The Labute approximate surface area is 171 Å². The average molecular weight is 441 g/mol. The van der Waals surface area contributed by atoms with Crippen LogP contribution in [0.2, 0.25) is 5.02 Å². The zero-order valence-corrected chi connectivity index (χ0v) is 16.1. The van der Waals surface area contributed by atoms with Crippen LogP contribution in [-0.4, -0.2) is 29.4 Å². The highest BCUT2D eigenvalue weighted by atomic mass is 35.5. The van der Waals surface area contributed by atoms with Crippen molar-refractivity contribution < 1.29 is 27.1 Å². The molecule has 0 unspecified atom stereocenters. The largest absolute Gasteiger partial charge is 0.373 e. The third kappa shape index (κ3) is 3.23. The van der Waals surface area contributed by atoms with Crippen LogP contribution in [0, 0.1) is 23.3 Å². The first-order valence-corrected chi connectivity index (χ1v) is 9.10.